The number of ether oxygens (including phenoxy) is 3. The second-order valence-corrected chi connectivity index (χ2v) is 9.11. The summed E-state index contributed by atoms with van der Waals surface area (Å²) in [5.74, 6) is 0.497. The van der Waals surface area contributed by atoms with Crippen molar-refractivity contribution in [2.75, 3.05) is 31.0 Å². The lowest BCUT2D eigenvalue weighted by Gasteiger charge is -2.21. The Morgan fingerprint density at radius 1 is 1.06 bits per heavy atom. The molecule has 0 atom stereocenters. The number of hydrogen-bond donors (Lipinski definition) is 2. The zero-order valence-electron chi connectivity index (χ0n) is 18.7. The first-order valence-corrected chi connectivity index (χ1v) is 12.3. The Kier molecular flexibility index (Phi) is 8.24. The number of carbonyl (C=O) groups is 3. The summed E-state index contributed by atoms with van der Waals surface area (Å²) < 4.78 is 15.8. The van der Waals surface area contributed by atoms with Gasteiger partial charge in [-0.25, -0.2) is 9.78 Å². The van der Waals surface area contributed by atoms with E-state index in [1.54, 1.807) is 30.3 Å². The Morgan fingerprint density at radius 2 is 1.88 bits per heavy atom. The van der Waals surface area contributed by atoms with Gasteiger partial charge in [0, 0.05) is 24.5 Å². The normalized spacial score (nSPS) is 14.9. The quantitative estimate of drug-likeness (QED) is 0.410. The van der Waals surface area contributed by atoms with Gasteiger partial charge in [-0.1, -0.05) is 31.0 Å². The van der Waals surface area contributed by atoms with Gasteiger partial charge in [-0.3, -0.25) is 9.59 Å². The highest BCUT2D eigenvalue weighted by atomic mass is 32.2. The molecule has 1 aliphatic carbocycles. The molecule has 0 radical (unpaired) electrons. The van der Waals surface area contributed by atoms with E-state index >= 15 is 0 Å². The average molecular weight is 486 g/mol. The highest BCUT2D eigenvalue weighted by molar-refractivity contribution is 8.00. The molecule has 2 N–H and O–H groups in total. The van der Waals surface area contributed by atoms with Crippen molar-refractivity contribution in [3.8, 4) is 11.5 Å². The van der Waals surface area contributed by atoms with E-state index in [0.717, 1.165) is 24.6 Å². The third-order valence-corrected chi connectivity index (χ3v) is 6.64. The molecular weight excluding hydrogens is 458 g/mol. The van der Waals surface area contributed by atoms with Gasteiger partial charge in [0.25, 0.3) is 5.91 Å². The van der Waals surface area contributed by atoms with Crippen LogP contribution in [-0.4, -0.2) is 48.5 Å². The zero-order chi connectivity index (χ0) is 23.8. The average Bonchev–Trinajstić information content (AvgIpc) is 3.33. The molecule has 1 aromatic heterocycles. The zero-order valence-corrected chi connectivity index (χ0v) is 19.5. The molecule has 34 heavy (non-hydrogen) atoms. The van der Waals surface area contributed by atoms with E-state index in [1.165, 1.54) is 25.5 Å². The Labute approximate surface area is 201 Å². The number of nitrogens with one attached hydrogen (secondary N) is 2. The van der Waals surface area contributed by atoms with Gasteiger partial charge in [-0.15, -0.1) is 0 Å². The van der Waals surface area contributed by atoms with Gasteiger partial charge >= 0.3 is 5.97 Å². The van der Waals surface area contributed by atoms with E-state index in [0.29, 0.717) is 34.7 Å². The van der Waals surface area contributed by atoms with Gasteiger partial charge in [-0.2, -0.15) is 0 Å². The van der Waals surface area contributed by atoms with Gasteiger partial charge in [0.15, 0.2) is 18.1 Å². The Balaban J connectivity index is 1.24. The van der Waals surface area contributed by atoms with Crippen LogP contribution in [-0.2, 0) is 14.3 Å². The summed E-state index contributed by atoms with van der Waals surface area (Å²) in [6, 6.07) is 8.31. The van der Waals surface area contributed by atoms with Crippen molar-refractivity contribution in [2.45, 2.75) is 37.1 Å². The molecule has 0 saturated heterocycles. The van der Waals surface area contributed by atoms with E-state index < -0.39 is 5.97 Å². The topological polar surface area (TPSA) is 116 Å². The lowest BCUT2D eigenvalue weighted by Crippen LogP contribution is -2.33. The van der Waals surface area contributed by atoms with Crippen molar-refractivity contribution in [1.82, 2.24) is 10.3 Å². The maximum Gasteiger partial charge on any atom is 0.341 e. The number of pyridine rings is 1. The molecule has 0 spiro atoms. The Hall–Kier alpha value is -3.27. The molecule has 4 rings (SSSR count). The van der Waals surface area contributed by atoms with Gasteiger partial charge < -0.3 is 24.8 Å². The second-order valence-electron chi connectivity index (χ2n) is 8.15. The minimum Gasteiger partial charge on any atom is -0.454 e. The predicted molar refractivity (Wildman–Crippen MR) is 126 cm³/mol. The van der Waals surface area contributed by atoms with Crippen LogP contribution in [0.1, 0.15) is 42.5 Å². The van der Waals surface area contributed by atoms with Crippen LogP contribution < -0.4 is 20.1 Å². The standard InChI is InChI=1S/C24H27N3O6S/c28-21(26-12-16-5-2-1-3-6-16)13-31-24(30)18-7-4-10-25-23(18)34-14-22(29)27-17-8-9-19-20(11-17)33-15-32-19/h4,7-11,16H,1-3,5-6,12-15H2,(H,26,28)(H,27,29). The molecule has 2 aliphatic rings. The number of amides is 2. The summed E-state index contributed by atoms with van der Waals surface area (Å²) in [5, 5.41) is 5.98. The van der Waals surface area contributed by atoms with Crippen LogP contribution in [0.4, 0.5) is 5.69 Å². The molecule has 1 aromatic carbocycles. The summed E-state index contributed by atoms with van der Waals surface area (Å²) in [7, 11) is 0. The fraction of sp³-hybridized carbons (Fsp3) is 0.417. The fourth-order valence-corrected chi connectivity index (χ4v) is 4.66. The number of carbonyl (C=O) groups excluding carboxylic acids is 3. The maximum atomic E-state index is 12.5. The third kappa shape index (κ3) is 6.63. The van der Waals surface area contributed by atoms with Crippen LogP contribution in [0, 0.1) is 5.92 Å². The SMILES string of the molecule is O=C(COC(=O)c1cccnc1SCC(=O)Nc1ccc2c(c1)OCO2)NCC1CCCCC1. The number of esters is 1. The summed E-state index contributed by atoms with van der Waals surface area (Å²) >= 11 is 1.11. The van der Waals surface area contributed by atoms with Crippen LogP contribution in [0.3, 0.4) is 0 Å². The summed E-state index contributed by atoms with van der Waals surface area (Å²) in [6.07, 6.45) is 7.44. The molecule has 180 valence electrons. The number of benzene rings is 1. The van der Waals surface area contributed by atoms with Crippen molar-refractivity contribution in [3.63, 3.8) is 0 Å². The van der Waals surface area contributed by atoms with Crippen LogP contribution >= 0.6 is 11.8 Å². The van der Waals surface area contributed by atoms with Gasteiger partial charge in [0.1, 0.15) is 5.03 Å². The lowest BCUT2D eigenvalue weighted by molar-refractivity contribution is -0.124. The summed E-state index contributed by atoms with van der Waals surface area (Å²) in [4.78, 5) is 41.2. The number of anilines is 1. The van der Waals surface area contributed by atoms with E-state index in [1.807, 2.05) is 0 Å². The van der Waals surface area contributed by atoms with E-state index in [-0.39, 0.29) is 36.5 Å². The van der Waals surface area contributed by atoms with Gasteiger partial charge in [0.05, 0.1) is 11.3 Å². The van der Waals surface area contributed by atoms with Crippen LogP contribution in [0.5, 0.6) is 11.5 Å². The first kappa shape index (κ1) is 23.9. The predicted octanol–water partition coefficient (Wildman–Crippen LogP) is 3.39. The summed E-state index contributed by atoms with van der Waals surface area (Å²) in [6.45, 7) is 0.418. The molecule has 1 fully saturated rings. The molecule has 9 nitrogen and oxygen atoms in total. The Morgan fingerprint density at radius 3 is 2.74 bits per heavy atom. The molecule has 0 unspecified atom stereocenters. The van der Waals surface area contributed by atoms with Crippen molar-refractivity contribution < 1.29 is 28.6 Å². The number of rotatable bonds is 9. The number of hydrogen-bond acceptors (Lipinski definition) is 8. The van der Waals surface area contributed by atoms with Crippen molar-refractivity contribution in [3.05, 3.63) is 42.1 Å². The van der Waals surface area contributed by atoms with E-state index in [9.17, 15) is 14.4 Å². The van der Waals surface area contributed by atoms with Crippen molar-refractivity contribution in [1.29, 1.82) is 0 Å². The molecule has 1 aliphatic heterocycles. The highest BCUT2D eigenvalue weighted by Crippen LogP contribution is 2.34. The Bertz CT molecular complexity index is 1040. The smallest absolute Gasteiger partial charge is 0.341 e. The molecule has 10 heteroatoms. The van der Waals surface area contributed by atoms with Crippen molar-refractivity contribution >= 4 is 35.2 Å². The minimum atomic E-state index is -0.653. The summed E-state index contributed by atoms with van der Waals surface area (Å²) in [5.41, 5.74) is 0.790. The number of thioether (sulfide) groups is 1. The number of aromatic nitrogens is 1. The fourth-order valence-electron chi connectivity index (χ4n) is 3.88. The molecule has 2 amide bonds. The second kappa shape index (κ2) is 11.7. The highest BCUT2D eigenvalue weighted by Gasteiger charge is 2.19. The molecular formula is C24H27N3O6S. The number of nitrogens with zero attached hydrogens (tertiary/aromatic N) is 1. The largest absolute Gasteiger partial charge is 0.454 e. The van der Waals surface area contributed by atoms with Crippen molar-refractivity contribution in [2.24, 2.45) is 5.92 Å². The first-order valence-electron chi connectivity index (χ1n) is 11.3. The monoisotopic (exact) mass is 485 g/mol. The molecule has 2 heterocycles. The third-order valence-electron chi connectivity index (χ3n) is 5.63. The minimum absolute atomic E-state index is 0.0353. The lowest BCUT2D eigenvalue weighted by atomic mass is 9.89. The number of fused-ring (bicyclic) bond motifs is 1. The van der Waals surface area contributed by atoms with Crippen LogP contribution in [0.15, 0.2) is 41.6 Å². The van der Waals surface area contributed by atoms with E-state index in [4.69, 9.17) is 14.2 Å². The molecule has 2 aromatic rings. The van der Waals surface area contributed by atoms with Gasteiger partial charge in [0.2, 0.25) is 12.7 Å². The van der Waals surface area contributed by atoms with Crippen LogP contribution in [0.2, 0.25) is 0 Å². The van der Waals surface area contributed by atoms with Gasteiger partial charge in [-0.05, 0) is 43.0 Å². The van der Waals surface area contributed by atoms with Crippen LogP contribution in [0.25, 0.3) is 0 Å². The maximum absolute atomic E-state index is 12.5. The molecule has 0 bridgehead atoms. The van der Waals surface area contributed by atoms with E-state index in [2.05, 4.69) is 15.6 Å². The molecule has 1 saturated carbocycles. The first-order chi connectivity index (χ1) is 16.6.